The van der Waals surface area contributed by atoms with Gasteiger partial charge in [-0.3, -0.25) is 14.9 Å². The van der Waals surface area contributed by atoms with Crippen molar-refractivity contribution in [3.05, 3.63) is 62.6 Å². The van der Waals surface area contributed by atoms with Crippen LogP contribution in [0.2, 0.25) is 15.1 Å². The predicted molar refractivity (Wildman–Crippen MR) is 127 cm³/mol. The fourth-order valence-corrected chi connectivity index (χ4v) is 3.62. The second kappa shape index (κ2) is 10.9. The second-order valence-corrected chi connectivity index (χ2v) is 8.40. The van der Waals surface area contributed by atoms with Crippen LogP contribution in [0.4, 0.5) is 10.5 Å². The zero-order valence-electron chi connectivity index (χ0n) is 17.3. The molecule has 0 radical (unpaired) electrons. The predicted octanol–water partition coefficient (Wildman–Crippen LogP) is 6.27. The maximum atomic E-state index is 13.1. The maximum Gasteiger partial charge on any atom is 0.335 e. The molecule has 1 aliphatic heterocycles. The Kier molecular flexibility index (Phi) is 8.18. The van der Waals surface area contributed by atoms with E-state index in [0.29, 0.717) is 22.9 Å². The highest BCUT2D eigenvalue weighted by Gasteiger charge is 2.37. The first-order chi connectivity index (χ1) is 15.3. The summed E-state index contributed by atoms with van der Waals surface area (Å²) < 4.78 is 5.85. The Morgan fingerprint density at radius 2 is 1.75 bits per heavy atom. The monoisotopic (exact) mass is 494 g/mol. The molecule has 168 valence electrons. The van der Waals surface area contributed by atoms with Crippen molar-refractivity contribution < 1.29 is 19.1 Å². The van der Waals surface area contributed by atoms with Gasteiger partial charge in [0.1, 0.15) is 11.3 Å². The maximum absolute atomic E-state index is 13.1. The summed E-state index contributed by atoms with van der Waals surface area (Å²) in [5.74, 6) is -1.13. The first-order valence-corrected chi connectivity index (χ1v) is 11.2. The van der Waals surface area contributed by atoms with Crippen molar-refractivity contribution in [3.63, 3.8) is 0 Å². The Bertz CT molecular complexity index is 1080. The average Bonchev–Trinajstić information content (AvgIpc) is 2.74. The summed E-state index contributed by atoms with van der Waals surface area (Å²) in [4.78, 5) is 38.8. The topological polar surface area (TPSA) is 75.7 Å². The van der Waals surface area contributed by atoms with Gasteiger partial charge in [0, 0.05) is 10.6 Å². The molecule has 4 amide bonds. The molecule has 0 aliphatic carbocycles. The molecule has 0 atom stereocenters. The third-order valence-electron chi connectivity index (χ3n) is 4.79. The molecular weight excluding hydrogens is 475 g/mol. The number of anilines is 1. The number of urea groups is 1. The third-order valence-corrected chi connectivity index (χ3v) is 5.76. The number of hydrogen-bond acceptors (Lipinski definition) is 4. The van der Waals surface area contributed by atoms with E-state index in [4.69, 9.17) is 39.5 Å². The largest absolute Gasteiger partial charge is 0.493 e. The summed E-state index contributed by atoms with van der Waals surface area (Å²) in [5, 5.41) is 3.02. The Labute approximate surface area is 201 Å². The molecule has 0 spiro atoms. The highest BCUT2D eigenvalue weighted by atomic mass is 35.5. The van der Waals surface area contributed by atoms with Crippen molar-refractivity contribution in [2.45, 2.75) is 32.6 Å². The molecule has 6 nitrogen and oxygen atoms in total. The lowest BCUT2D eigenvalue weighted by molar-refractivity contribution is -0.122. The van der Waals surface area contributed by atoms with Crippen molar-refractivity contribution in [1.82, 2.24) is 5.32 Å². The number of carbonyl (C=O) groups excluding carboxylic acids is 3. The molecule has 1 N–H and O–H groups in total. The van der Waals surface area contributed by atoms with Crippen LogP contribution in [0.1, 0.15) is 38.2 Å². The van der Waals surface area contributed by atoms with Gasteiger partial charge < -0.3 is 4.74 Å². The van der Waals surface area contributed by atoms with Gasteiger partial charge >= 0.3 is 6.03 Å². The van der Waals surface area contributed by atoms with Crippen LogP contribution in [0.5, 0.6) is 5.75 Å². The van der Waals surface area contributed by atoms with E-state index in [2.05, 4.69) is 12.2 Å². The van der Waals surface area contributed by atoms with Crippen molar-refractivity contribution in [2.24, 2.45) is 0 Å². The molecule has 9 heteroatoms. The highest BCUT2D eigenvalue weighted by molar-refractivity contribution is 6.43. The first-order valence-electron chi connectivity index (χ1n) is 10.1. The first kappa shape index (κ1) is 24.1. The molecule has 1 fully saturated rings. The fraction of sp³-hybridized carbons (Fsp3) is 0.261. The molecule has 32 heavy (non-hydrogen) atoms. The molecule has 2 aromatic rings. The van der Waals surface area contributed by atoms with Crippen LogP contribution < -0.4 is 15.0 Å². The minimum atomic E-state index is -0.881. The van der Waals surface area contributed by atoms with E-state index in [-0.39, 0.29) is 21.3 Å². The van der Waals surface area contributed by atoms with Crippen LogP contribution in [0.25, 0.3) is 6.08 Å². The molecule has 0 aromatic heterocycles. The SMILES string of the molecule is CCCCCCOc1ccc(Cl)cc1/C=C1/C(=O)NC(=O)N(c2ccc(Cl)c(Cl)c2)C1=O. The van der Waals surface area contributed by atoms with Gasteiger partial charge in [-0.15, -0.1) is 0 Å². The minimum Gasteiger partial charge on any atom is -0.493 e. The summed E-state index contributed by atoms with van der Waals surface area (Å²) in [6.45, 7) is 2.62. The standard InChI is InChI=1S/C23H21Cl3N2O4/c1-2-3-4-5-10-32-20-9-6-15(24)11-14(20)12-17-21(29)27-23(31)28(22(17)30)16-7-8-18(25)19(26)13-16/h6-9,11-13H,2-5,10H2,1H3,(H,27,29,31)/b17-12-. The number of rotatable bonds is 8. The molecular formula is C23H21Cl3N2O4. The highest BCUT2D eigenvalue weighted by Crippen LogP contribution is 2.31. The van der Waals surface area contributed by atoms with Gasteiger partial charge in [0.2, 0.25) is 0 Å². The Hall–Kier alpha value is -2.54. The van der Waals surface area contributed by atoms with Gasteiger partial charge in [-0.2, -0.15) is 0 Å². The minimum absolute atomic E-state index is 0.167. The smallest absolute Gasteiger partial charge is 0.335 e. The molecule has 2 aromatic carbocycles. The molecule has 1 aliphatic rings. The summed E-state index contributed by atoms with van der Waals surface area (Å²) >= 11 is 18.1. The number of nitrogens with zero attached hydrogens (tertiary/aromatic N) is 1. The lowest BCUT2D eigenvalue weighted by Crippen LogP contribution is -2.54. The van der Waals surface area contributed by atoms with E-state index < -0.39 is 17.8 Å². The number of imide groups is 2. The number of amides is 4. The zero-order chi connectivity index (χ0) is 23.3. The van der Waals surface area contributed by atoms with E-state index in [1.807, 2.05) is 0 Å². The molecule has 1 heterocycles. The van der Waals surface area contributed by atoms with Crippen molar-refractivity contribution in [2.75, 3.05) is 11.5 Å². The second-order valence-electron chi connectivity index (χ2n) is 7.15. The lowest BCUT2D eigenvalue weighted by atomic mass is 10.1. The molecule has 1 saturated heterocycles. The van der Waals surface area contributed by atoms with Crippen LogP contribution >= 0.6 is 34.8 Å². The zero-order valence-corrected chi connectivity index (χ0v) is 19.6. The van der Waals surface area contributed by atoms with E-state index in [1.165, 1.54) is 24.3 Å². The van der Waals surface area contributed by atoms with Crippen LogP contribution in [0.15, 0.2) is 42.0 Å². The van der Waals surface area contributed by atoms with E-state index in [9.17, 15) is 14.4 Å². The van der Waals surface area contributed by atoms with Crippen LogP contribution in [0.3, 0.4) is 0 Å². The van der Waals surface area contributed by atoms with Crippen molar-refractivity contribution >= 4 is 64.4 Å². The number of hydrogen-bond donors (Lipinski definition) is 1. The quantitative estimate of drug-likeness (QED) is 0.266. The number of halogens is 3. The third kappa shape index (κ3) is 5.63. The van der Waals surface area contributed by atoms with Gasteiger partial charge in [-0.05, 0) is 48.9 Å². The summed E-state index contributed by atoms with van der Waals surface area (Å²) in [7, 11) is 0. The number of benzene rings is 2. The Morgan fingerprint density at radius 1 is 0.969 bits per heavy atom. The summed E-state index contributed by atoms with van der Waals surface area (Å²) in [6.07, 6.45) is 5.52. The van der Waals surface area contributed by atoms with Gasteiger partial charge in [-0.25, -0.2) is 9.69 Å². The lowest BCUT2D eigenvalue weighted by Gasteiger charge is -2.26. The van der Waals surface area contributed by atoms with E-state index in [0.717, 1.165) is 30.6 Å². The molecule has 0 unspecified atom stereocenters. The van der Waals surface area contributed by atoms with Gasteiger partial charge in [0.15, 0.2) is 0 Å². The van der Waals surface area contributed by atoms with Crippen LogP contribution in [0, 0.1) is 0 Å². The number of unbranched alkanes of at least 4 members (excludes halogenated alkanes) is 3. The molecule has 3 rings (SSSR count). The Morgan fingerprint density at radius 3 is 2.47 bits per heavy atom. The van der Waals surface area contributed by atoms with E-state index in [1.54, 1.807) is 18.2 Å². The van der Waals surface area contributed by atoms with Gasteiger partial charge in [0.05, 0.1) is 22.3 Å². The summed E-state index contributed by atoms with van der Waals surface area (Å²) in [6, 6.07) is 8.36. The summed E-state index contributed by atoms with van der Waals surface area (Å²) in [5.41, 5.74) is 0.391. The normalized spacial score (nSPS) is 15.3. The van der Waals surface area contributed by atoms with E-state index >= 15 is 0 Å². The van der Waals surface area contributed by atoms with Crippen LogP contribution in [-0.2, 0) is 9.59 Å². The molecule has 0 bridgehead atoms. The van der Waals surface area contributed by atoms with Gasteiger partial charge in [-0.1, -0.05) is 61.0 Å². The van der Waals surface area contributed by atoms with Crippen LogP contribution in [-0.4, -0.2) is 24.5 Å². The number of carbonyl (C=O) groups is 3. The van der Waals surface area contributed by atoms with Gasteiger partial charge in [0.25, 0.3) is 11.8 Å². The average molecular weight is 496 g/mol. The van der Waals surface area contributed by atoms with Crippen molar-refractivity contribution in [1.29, 1.82) is 0 Å². The fourth-order valence-electron chi connectivity index (χ4n) is 3.15. The number of ether oxygens (including phenoxy) is 1. The number of barbiturate groups is 1. The Balaban J connectivity index is 1.92. The molecule has 0 saturated carbocycles. The van der Waals surface area contributed by atoms with Crippen molar-refractivity contribution in [3.8, 4) is 5.75 Å². The number of nitrogens with one attached hydrogen (secondary N) is 1.